The number of ether oxygens (including phenoxy) is 2. The molecular weight excluding hydrogens is 370 g/mol. The molecule has 2 atom stereocenters. The van der Waals surface area contributed by atoms with Gasteiger partial charge in [-0.1, -0.05) is 6.42 Å². The van der Waals surface area contributed by atoms with Crippen molar-refractivity contribution in [3.8, 4) is 5.88 Å². The highest BCUT2D eigenvalue weighted by Crippen LogP contribution is 2.32. The van der Waals surface area contributed by atoms with Crippen LogP contribution in [0, 0.1) is 0 Å². The SMILES string of the molecule is COc1cc(C(=O)N2CCO[C@@H](CN3CCCCC3)[C@@H]2c2cnn(C)c2)ccn1. The molecule has 156 valence electrons. The van der Waals surface area contributed by atoms with E-state index < -0.39 is 0 Å². The second-order valence-electron chi connectivity index (χ2n) is 7.75. The lowest BCUT2D eigenvalue weighted by Crippen LogP contribution is -2.52. The van der Waals surface area contributed by atoms with Crippen molar-refractivity contribution in [1.82, 2.24) is 24.6 Å². The number of morpholine rings is 1. The van der Waals surface area contributed by atoms with Crippen LogP contribution in [0.25, 0.3) is 0 Å². The molecule has 4 heterocycles. The van der Waals surface area contributed by atoms with Crippen molar-refractivity contribution in [3.05, 3.63) is 41.9 Å². The van der Waals surface area contributed by atoms with Crippen LogP contribution < -0.4 is 4.74 Å². The fourth-order valence-electron chi connectivity index (χ4n) is 4.32. The largest absolute Gasteiger partial charge is 0.481 e. The molecule has 8 nitrogen and oxygen atoms in total. The van der Waals surface area contributed by atoms with Gasteiger partial charge < -0.3 is 19.3 Å². The summed E-state index contributed by atoms with van der Waals surface area (Å²) in [6.07, 6.45) is 9.09. The molecular formula is C21H29N5O3. The minimum absolute atomic E-state index is 0.0357. The molecule has 4 rings (SSSR count). The number of hydrogen-bond acceptors (Lipinski definition) is 6. The minimum Gasteiger partial charge on any atom is -0.481 e. The number of aromatic nitrogens is 3. The molecule has 2 aromatic heterocycles. The lowest BCUT2D eigenvalue weighted by atomic mass is 9.98. The summed E-state index contributed by atoms with van der Waals surface area (Å²) in [4.78, 5) is 21.9. The van der Waals surface area contributed by atoms with Crippen LogP contribution in [0.3, 0.4) is 0 Å². The van der Waals surface area contributed by atoms with Gasteiger partial charge in [0.25, 0.3) is 5.91 Å². The first kappa shape index (κ1) is 19.8. The molecule has 0 radical (unpaired) electrons. The van der Waals surface area contributed by atoms with Gasteiger partial charge in [-0.3, -0.25) is 9.48 Å². The predicted octanol–water partition coefficient (Wildman–Crippen LogP) is 1.89. The number of methoxy groups -OCH3 is 1. The zero-order valence-electron chi connectivity index (χ0n) is 17.2. The number of piperidine rings is 1. The van der Waals surface area contributed by atoms with Crippen molar-refractivity contribution in [2.75, 3.05) is 39.9 Å². The Morgan fingerprint density at radius 1 is 1.28 bits per heavy atom. The van der Waals surface area contributed by atoms with Gasteiger partial charge in [0.1, 0.15) is 0 Å². The molecule has 0 aliphatic carbocycles. The molecule has 2 fully saturated rings. The fourth-order valence-corrected chi connectivity index (χ4v) is 4.32. The van der Waals surface area contributed by atoms with Crippen molar-refractivity contribution in [1.29, 1.82) is 0 Å². The number of aryl methyl sites for hydroxylation is 1. The van der Waals surface area contributed by atoms with Gasteiger partial charge in [-0.25, -0.2) is 4.98 Å². The number of amides is 1. The van der Waals surface area contributed by atoms with E-state index in [2.05, 4.69) is 15.0 Å². The molecule has 2 saturated heterocycles. The number of rotatable bonds is 5. The first-order chi connectivity index (χ1) is 14.2. The van der Waals surface area contributed by atoms with E-state index in [1.807, 2.05) is 24.3 Å². The summed E-state index contributed by atoms with van der Waals surface area (Å²) in [5, 5.41) is 4.35. The maximum absolute atomic E-state index is 13.4. The van der Waals surface area contributed by atoms with Crippen molar-refractivity contribution in [3.63, 3.8) is 0 Å². The van der Waals surface area contributed by atoms with Crippen LogP contribution in [0.5, 0.6) is 5.88 Å². The molecule has 2 aliphatic heterocycles. The van der Waals surface area contributed by atoms with Crippen molar-refractivity contribution < 1.29 is 14.3 Å². The molecule has 8 heteroatoms. The van der Waals surface area contributed by atoms with Crippen LogP contribution in [0.4, 0.5) is 0 Å². The lowest BCUT2D eigenvalue weighted by Gasteiger charge is -2.43. The highest BCUT2D eigenvalue weighted by molar-refractivity contribution is 5.94. The second kappa shape index (κ2) is 8.92. The summed E-state index contributed by atoms with van der Waals surface area (Å²) in [6, 6.07) is 3.25. The molecule has 0 saturated carbocycles. The highest BCUT2D eigenvalue weighted by Gasteiger charge is 2.38. The zero-order chi connectivity index (χ0) is 20.2. The number of nitrogens with zero attached hydrogens (tertiary/aromatic N) is 5. The van der Waals surface area contributed by atoms with Gasteiger partial charge in [0, 0.05) is 49.7 Å². The maximum atomic E-state index is 13.4. The molecule has 0 spiro atoms. The van der Waals surface area contributed by atoms with Crippen molar-refractivity contribution in [2.45, 2.75) is 31.4 Å². The first-order valence-electron chi connectivity index (χ1n) is 10.3. The summed E-state index contributed by atoms with van der Waals surface area (Å²) in [6.45, 7) is 4.08. The normalized spacial score (nSPS) is 23.2. The van der Waals surface area contributed by atoms with E-state index in [1.54, 1.807) is 30.1 Å². The van der Waals surface area contributed by atoms with Gasteiger partial charge in [-0.15, -0.1) is 0 Å². The van der Waals surface area contributed by atoms with Crippen LogP contribution in [0.15, 0.2) is 30.7 Å². The monoisotopic (exact) mass is 399 g/mol. The number of carbonyl (C=O) groups is 1. The number of pyridine rings is 1. The molecule has 0 aromatic carbocycles. The van der Waals surface area contributed by atoms with E-state index in [1.165, 1.54) is 19.3 Å². The topological polar surface area (TPSA) is 72.7 Å². The van der Waals surface area contributed by atoms with E-state index in [0.717, 1.165) is 25.2 Å². The van der Waals surface area contributed by atoms with Gasteiger partial charge in [0.05, 0.1) is 32.1 Å². The maximum Gasteiger partial charge on any atom is 0.254 e. The van der Waals surface area contributed by atoms with Gasteiger partial charge in [0.2, 0.25) is 5.88 Å². The van der Waals surface area contributed by atoms with Crippen LogP contribution in [-0.4, -0.2) is 76.5 Å². The minimum atomic E-state index is -0.175. The Bertz CT molecular complexity index is 833. The highest BCUT2D eigenvalue weighted by atomic mass is 16.5. The Kier molecular flexibility index (Phi) is 6.10. The number of carbonyl (C=O) groups excluding carboxylic acids is 1. The predicted molar refractivity (Wildman–Crippen MR) is 108 cm³/mol. The fraction of sp³-hybridized carbons (Fsp3) is 0.571. The van der Waals surface area contributed by atoms with Crippen LogP contribution >= 0.6 is 0 Å². The van der Waals surface area contributed by atoms with E-state index >= 15 is 0 Å². The van der Waals surface area contributed by atoms with Crippen LogP contribution in [-0.2, 0) is 11.8 Å². The molecule has 29 heavy (non-hydrogen) atoms. The molecule has 0 unspecified atom stereocenters. The second-order valence-corrected chi connectivity index (χ2v) is 7.75. The Hall–Kier alpha value is -2.45. The van der Waals surface area contributed by atoms with Gasteiger partial charge in [0.15, 0.2) is 0 Å². The Morgan fingerprint density at radius 3 is 2.83 bits per heavy atom. The third-order valence-corrected chi connectivity index (χ3v) is 5.76. The van der Waals surface area contributed by atoms with Crippen molar-refractivity contribution in [2.24, 2.45) is 7.05 Å². The van der Waals surface area contributed by atoms with Gasteiger partial charge in [-0.2, -0.15) is 5.10 Å². The zero-order valence-corrected chi connectivity index (χ0v) is 17.2. The molecule has 0 N–H and O–H groups in total. The lowest BCUT2D eigenvalue weighted by molar-refractivity contribution is -0.0741. The van der Waals surface area contributed by atoms with Crippen LogP contribution in [0.2, 0.25) is 0 Å². The average Bonchev–Trinajstić information content (AvgIpc) is 3.19. The first-order valence-corrected chi connectivity index (χ1v) is 10.3. The Labute approximate surface area is 171 Å². The average molecular weight is 399 g/mol. The summed E-state index contributed by atoms with van der Waals surface area (Å²) in [7, 11) is 3.45. The Balaban J connectivity index is 1.62. The number of hydrogen-bond donors (Lipinski definition) is 0. The number of likely N-dealkylation sites (tertiary alicyclic amines) is 1. The van der Waals surface area contributed by atoms with Crippen LogP contribution in [0.1, 0.15) is 41.2 Å². The van der Waals surface area contributed by atoms with E-state index in [4.69, 9.17) is 9.47 Å². The third-order valence-electron chi connectivity index (χ3n) is 5.76. The Morgan fingerprint density at radius 2 is 2.10 bits per heavy atom. The summed E-state index contributed by atoms with van der Waals surface area (Å²) < 4.78 is 13.2. The quantitative estimate of drug-likeness (QED) is 0.765. The molecule has 1 amide bonds. The summed E-state index contributed by atoms with van der Waals surface area (Å²) in [5.41, 5.74) is 1.58. The van der Waals surface area contributed by atoms with Crippen molar-refractivity contribution >= 4 is 5.91 Å². The van der Waals surface area contributed by atoms with E-state index in [0.29, 0.717) is 24.6 Å². The van der Waals surface area contributed by atoms with E-state index in [-0.39, 0.29) is 18.1 Å². The molecule has 0 bridgehead atoms. The van der Waals surface area contributed by atoms with Gasteiger partial charge in [-0.05, 0) is 32.0 Å². The standard InChI is InChI=1S/C21H29N5O3/c1-24-14-17(13-23-24)20-18(15-25-8-4-3-5-9-25)29-11-10-26(20)21(27)16-6-7-22-19(12-16)28-2/h6-7,12-14,18,20H,3-5,8-11,15H2,1-2H3/t18-,20-/m0/s1. The molecule has 2 aliphatic rings. The summed E-state index contributed by atoms with van der Waals surface area (Å²) >= 11 is 0. The summed E-state index contributed by atoms with van der Waals surface area (Å²) in [5.74, 6) is 0.401. The molecule has 2 aromatic rings. The van der Waals surface area contributed by atoms with E-state index in [9.17, 15) is 4.79 Å². The van der Waals surface area contributed by atoms with Gasteiger partial charge >= 0.3 is 0 Å². The smallest absolute Gasteiger partial charge is 0.254 e. The third kappa shape index (κ3) is 4.43.